The van der Waals surface area contributed by atoms with E-state index in [2.05, 4.69) is 20.6 Å². The minimum Gasteiger partial charge on any atom is -0.444 e. The third-order valence-electron chi connectivity index (χ3n) is 4.83. The standard InChI is InChI=1S/C23H19F3N4O2/c1-13-12-32-22(28-13)17-10-16(8-9-18(17)23(24,25)26)21(31)30-19-11-27-14(2)29-20(19)15-6-4-3-5-7-15/h3-10,12H,11H2,1-2H3,(H,27,29)(H,30,31). The molecule has 32 heavy (non-hydrogen) atoms. The molecule has 0 aliphatic carbocycles. The van der Waals surface area contributed by atoms with Gasteiger partial charge in [-0.15, -0.1) is 0 Å². The molecule has 0 atom stereocenters. The van der Waals surface area contributed by atoms with E-state index in [0.717, 1.165) is 23.8 Å². The van der Waals surface area contributed by atoms with E-state index in [1.807, 2.05) is 37.3 Å². The highest BCUT2D eigenvalue weighted by atomic mass is 19.4. The predicted octanol–water partition coefficient (Wildman–Crippen LogP) is 4.79. The number of alkyl halides is 3. The molecule has 0 saturated carbocycles. The van der Waals surface area contributed by atoms with Crippen molar-refractivity contribution in [3.8, 4) is 11.5 Å². The number of hydrogen-bond donors (Lipinski definition) is 2. The van der Waals surface area contributed by atoms with Gasteiger partial charge in [0.25, 0.3) is 5.91 Å². The molecule has 3 aromatic rings. The van der Waals surface area contributed by atoms with Crippen molar-refractivity contribution in [3.63, 3.8) is 0 Å². The first-order valence-corrected chi connectivity index (χ1v) is 9.75. The quantitative estimate of drug-likeness (QED) is 0.612. The lowest BCUT2D eigenvalue weighted by Crippen LogP contribution is -2.35. The average Bonchev–Trinajstić information content (AvgIpc) is 3.20. The number of rotatable bonds is 4. The van der Waals surface area contributed by atoms with Crippen LogP contribution in [0.1, 0.15) is 34.1 Å². The van der Waals surface area contributed by atoms with Gasteiger partial charge in [0.15, 0.2) is 0 Å². The lowest BCUT2D eigenvalue weighted by atomic mass is 10.0. The Morgan fingerprint density at radius 2 is 1.88 bits per heavy atom. The number of carbonyl (C=O) groups excluding carboxylic acids is 1. The number of nitrogens with one attached hydrogen (secondary N) is 2. The van der Waals surface area contributed by atoms with Gasteiger partial charge in [0.05, 0.1) is 40.6 Å². The van der Waals surface area contributed by atoms with Crippen LogP contribution in [0.25, 0.3) is 17.2 Å². The summed E-state index contributed by atoms with van der Waals surface area (Å²) in [4.78, 5) is 21.5. The molecule has 2 aromatic carbocycles. The first-order chi connectivity index (χ1) is 15.2. The molecule has 2 heterocycles. The van der Waals surface area contributed by atoms with Crippen molar-refractivity contribution >= 4 is 17.4 Å². The molecular formula is C23H19F3N4O2. The van der Waals surface area contributed by atoms with Gasteiger partial charge in [0, 0.05) is 11.1 Å². The number of oxazole rings is 1. The van der Waals surface area contributed by atoms with Gasteiger partial charge in [-0.25, -0.2) is 9.98 Å². The van der Waals surface area contributed by atoms with Gasteiger partial charge in [-0.3, -0.25) is 4.79 Å². The molecule has 1 aromatic heterocycles. The van der Waals surface area contributed by atoms with Crippen LogP contribution in [0.3, 0.4) is 0 Å². The van der Waals surface area contributed by atoms with Crippen LogP contribution in [0.4, 0.5) is 13.2 Å². The van der Waals surface area contributed by atoms with E-state index in [1.165, 1.54) is 6.26 Å². The Hall–Kier alpha value is -3.88. The smallest absolute Gasteiger partial charge is 0.417 e. The molecule has 2 N–H and O–H groups in total. The number of amidine groups is 1. The molecule has 9 heteroatoms. The first kappa shape index (κ1) is 21.4. The van der Waals surface area contributed by atoms with E-state index >= 15 is 0 Å². The van der Waals surface area contributed by atoms with E-state index < -0.39 is 17.6 Å². The van der Waals surface area contributed by atoms with E-state index in [0.29, 0.717) is 29.5 Å². The number of hydrogen-bond acceptors (Lipinski definition) is 5. The first-order valence-electron chi connectivity index (χ1n) is 9.75. The van der Waals surface area contributed by atoms with Crippen LogP contribution in [0.15, 0.2) is 69.9 Å². The summed E-state index contributed by atoms with van der Waals surface area (Å²) >= 11 is 0. The Morgan fingerprint density at radius 1 is 1.12 bits per heavy atom. The Balaban J connectivity index is 1.72. The number of halogens is 3. The minimum atomic E-state index is -4.63. The molecule has 0 radical (unpaired) electrons. The fourth-order valence-electron chi connectivity index (χ4n) is 3.31. The predicted molar refractivity (Wildman–Crippen MR) is 114 cm³/mol. The topological polar surface area (TPSA) is 79.5 Å². The zero-order valence-electron chi connectivity index (χ0n) is 17.2. The maximum Gasteiger partial charge on any atom is 0.417 e. The SMILES string of the molecule is CC1=NC(c2ccccc2)=C(NC(=O)c2ccc(C(F)(F)F)c(-c3nc(C)co3)c2)CN1. The van der Waals surface area contributed by atoms with Crippen molar-refractivity contribution in [1.82, 2.24) is 15.6 Å². The summed E-state index contributed by atoms with van der Waals surface area (Å²) in [6.07, 6.45) is -3.37. The molecule has 0 unspecified atom stereocenters. The lowest BCUT2D eigenvalue weighted by Gasteiger charge is -2.20. The van der Waals surface area contributed by atoms with Crippen molar-refractivity contribution in [2.75, 3.05) is 6.54 Å². The summed E-state index contributed by atoms with van der Waals surface area (Å²) < 4.78 is 45.7. The van der Waals surface area contributed by atoms with Gasteiger partial charge in [0.2, 0.25) is 5.89 Å². The van der Waals surface area contributed by atoms with Crippen LogP contribution >= 0.6 is 0 Å². The molecule has 0 spiro atoms. The second kappa shape index (κ2) is 8.33. The largest absolute Gasteiger partial charge is 0.444 e. The second-order valence-electron chi connectivity index (χ2n) is 7.25. The number of benzene rings is 2. The van der Waals surface area contributed by atoms with Crippen molar-refractivity contribution in [3.05, 3.63) is 82.9 Å². The Labute approximate surface area is 181 Å². The van der Waals surface area contributed by atoms with E-state index in [9.17, 15) is 18.0 Å². The van der Waals surface area contributed by atoms with Gasteiger partial charge in [-0.05, 0) is 32.0 Å². The maximum absolute atomic E-state index is 13.5. The molecule has 1 aliphatic heterocycles. The summed E-state index contributed by atoms with van der Waals surface area (Å²) in [6, 6.07) is 12.4. The normalized spacial score (nSPS) is 14.1. The number of carbonyl (C=O) groups is 1. The van der Waals surface area contributed by atoms with Crippen molar-refractivity contribution in [2.24, 2.45) is 4.99 Å². The summed E-state index contributed by atoms with van der Waals surface area (Å²) in [6.45, 7) is 3.73. The number of nitrogens with zero attached hydrogens (tertiary/aromatic N) is 2. The highest BCUT2D eigenvalue weighted by Gasteiger charge is 2.35. The van der Waals surface area contributed by atoms with Crippen molar-refractivity contribution in [2.45, 2.75) is 20.0 Å². The average molecular weight is 440 g/mol. The van der Waals surface area contributed by atoms with Crippen LogP contribution in [0.2, 0.25) is 0 Å². The van der Waals surface area contributed by atoms with E-state index in [4.69, 9.17) is 4.42 Å². The summed E-state index contributed by atoms with van der Waals surface area (Å²) in [7, 11) is 0. The van der Waals surface area contributed by atoms with Crippen LogP contribution in [-0.2, 0) is 6.18 Å². The molecule has 0 bridgehead atoms. The molecule has 164 valence electrons. The zero-order chi connectivity index (χ0) is 22.9. The van der Waals surface area contributed by atoms with Crippen LogP contribution in [0.5, 0.6) is 0 Å². The number of aromatic nitrogens is 1. The fourth-order valence-corrected chi connectivity index (χ4v) is 3.31. The number of aliphatic imine (C=N–C) groups is 1. The Kier molecular flexibility index (Phi) is 5.56. The molecule has 1 aliphatic rings. The van der Waals surface area contributed by atoms with Crippen LogP contribution < -0.4 is 10.6 Å². The monoisotopic (exact) mass is 440 g/mol. The highest BCUT2D eigenvalue weighted by molar-refractivity contribution is 5.98. The third kappa shape index (κ3) is 4.41. The van der Waals surface area contributed by atoms with Crippen molar-refractivity contribution in [1.29, 1.82) is 0 Å². The molecule has 4 rings (SSSR count). The van der Waals surface area contributed by atoms with Gasteiger partial charge in [0.1, 0.15) is 6.26 Å². The van der Waals surface area contributed by atoms with E-state index in [-0.39, 0.29) is 17.0 Å². The molecule has 1 amide bonds. The van der Waals surface area contributed by atoms with E-state index in [1.54, 1.807) is 6.92 Å². The summed E-state index contributed by atoms with van der Waals surface area (Å²) in [5, 5.41) is 5.85. The van der Waals surface area contributed by atoms with Gasteiger partial charge >= 0.3 is 6.18 Å². The van der Waals surface area contributed by atoms with Crippen LogP contribution in [0, 0.1) is 6.92 Å². The molecule has 0 saturated heterocycles. The molecule has 6 nitrogen and oxygen atoms in total. The number of amides is 1. The number of aryl methyl sites for hydroxylation is 1. The van der Waals surface area contributed by atoms with Crippen molar-refractivity contribution < 1.29 is 22.4 Å². The molecular weight excluding hydrogens is 421 g/mol. The zero-order valence-corrected chi connectivity index (χ0v) is 17.2. The van der Waals surface area contributed by atoms with Gasteiger partial charge < -0.3 is 15.1 Å². The van der Waals surface area contributed by atoms with Gasteiger partial charge in [-0.2, -0.15) is 13.2 Å². The minimum absolute atomic E-state index is 0.0371. The Morgan fingerprint density at radius 3 is 2.53 bits per heavy atom. The fraction of sp³-hybridized carbons (Fsp3) is 0.174. The third-order valence-corrected chi connectivity index (χ3v) is 4.83. The maximum atomic E-state index is 13.5. The molecule has 0 fully saturated rings. The summed E-state index contributed by atoms with van der Waals surface area (Å²) in [5.41, 5.74) is 1.15. The summed E-state index contributed by atoms with van der Waals surface area (Å²) in [5.74, 6) is -0.0746. The van der Waals surface area contributed by atoms with Crippen LogP contribution in [-0.4, -0.2) is 23.3 Å². The lowest BCUT2D eigenvalue weighted by molar-refractivity contribution is -0.137. The van der Waals surface area contributed by atoms with Gasteiger partial charge in [-0.1, -0.05) is 30.3 Å². The highest BCUT2D eigenvalue weighted by Crippen LogP contribution is 2.37. The second-order valence-corrected chi connectivity index (χ2v) is 7.25. The Bertz CT molecular complexity index is 1230.